The quantitative estimate of drug-likeness (QED) is 0.854. The summed E-state index contributed by atoms with van der Waals surface area (Å²) in [6.07, 6.45) is 1.88. The summed E-state index contributed by atoms with van der Waals surface area (Å²) >= 11 is 0. The lowest BCUT2D eigenvalue weighted by Gasteiger charge is -2.29. The monoisotopic (exact) mass is 330 g/mol. The van der Waals surface area contributed by atoms with Gasteiger partial charge in [-0.2, -0.15) is 0 Å². The normalized spacial score (nSPS) is 15.1. The van der Waals surface area contributed by atoms with E-state index >= 15 is 0 Å². The maximum absolute atomic E-state index is 12.3. The zero-order chi connectivity index (χ0) is 15.2. The van der Waals surface area contributed by atoms with Crippen LogP contribution >= 0.6 is 12.4 Å². The SMILES string of the molecule is Cl.O=C(NC(CCc1ccccc1)c1ccccc1)C1CNC1. The number of amides is 1. The van der Waals surface area contributed by atoms with Gasteiger partial charge in [0.1, 0.15) is 0 Å². The van der Waals surface area contributed by atoms with Gasteiger partial charge in [0.05, 0.1) is 12.0 Å². The molecule has 1 saturated heterocycles. The number of halogens is 1. The van der Waals surface area contributed by atoms with Crippen molar-refractivity contribution in [2.45, 2.75) is 18.9 Å². The third kappa shape index (κ3) is 4.81. The van der Waals surface area contributed by atoms with Crippen molar-refractivity contribution in [1.82, 2.24) is 10.6 Å². The summed E-state index contributed by atoms with van der Waals surface area (Å²) in [5.74, 6) is 0.295. The van der Waals surface area contributed by atoms with E-state index in [-0.39, 0.29) is 30.3 Å². The predicted octanol–water partition coefficient (Wildman–Crippen LogP) is 3.12. The van der Waals surface area contributed by atoms with Gasteiger partial charge in [-0.3, -0.25) is 4.79 Å². The molecule has 1 aliphatic heterocycles. The molecular formula is C19H23ClN2O. The summed E-state index contributed by atoms with van der Waals surface area (Å²) in [6.45, 7) is 1.60. The standard InChI is InChI=1S/C19H22N2O.ClH/c22-19(17-13-20-14-17)21-18(16-9-5-2-6-10-16)12-11-15-7-3-1-4-8-15;/h1-10,17-18,20H,11-14H2,(H,21,22);1H. The van der Waals surface area contributed by atoms with Crippen molar-refractivity contribution in [3.63, 3.8) is 0 Å². The van der Waals surface area contributed by atoms with Gasteiger partial charge in [0.2, 0.25) is 5.91 Å². The Balaban J connectivity index is 0.00000192. The van der Waals surface area contributed by atoms with E-state index in [2.05, 4.69) is 47.0 Å². The van der Waals surface area contributed by atoms with E-state index in [4.69, 9.17) is 0 Å². The highest BCUT2D eigenvalue weighted by Crippen LogP contribution is 2.20. The van der Waals surface area contributed by atoms with Crippen molar-refractivity contribution in [1.29, 1.82) is 0 Å². The lowest BCUT2D eigenvalue weighted by atomic mass is 9.96. The zero-order valence-electron chi connectivity index (χ0n) is 13.1. The van der Waals surface area contributed by atoms with Crippen molar-refractivity contribution in [3.8, 4) is 0 Å². The van der Waals surface area contributed by atoms with Crippen molar-refractivity contribution in [3.05, 3.63) is 71.8 Å². The lowest BCUT2D eigenvalue weighted by Crippen LogP contribution is -2.51. The van der Waals surface area contributed by atoms with E-state index in [1.807, 2.05) is 24.3 Å². The van der Waals surface area contributed by atoms with Crippen molar-refractivity contribution in [2.24, 2.45) is 5.92 Å². The smallest absolute Gasteiger partial charge is 0.226 e. The number of hydrogen-bond acceptors (Lipinski definition) is 2. The van der Waals surface area contributed by atoms with Gasteiger partial charge < -0.3 is 10.6 Å². The second-order valence-corrected chi connectivity index (χ2v) is 5.85. The lowest BCUT2D eigenvalue weighted by molar-refractivity contribution is -0.127. The molecule has 23 heavy (non-hydrogen) atoms. The fourth-order valence-corrected chi connectivity index (χ4v) is 2.73. The topological polar surface area (TPSA) is 41.1 Å². The Kier molecular flexibility index (Phi) is 6.63. The van der Waals surface area contributed by atoms with Crippen LogP contribution in [0.3, 0.4) is 0 Å². The van der Waals surface area contributed by atoms with E-state index in [0.717, 1.165) is 25.9 Å². The van der Waals surface area contributed by atoms with Crippen molar-refractivity contribution < 1.29 is 4.79 Å². The van der Waals surface area contributed by atoms with Gasteiger partial charge in [-0.05, 0) is 24.0 Å². The fraction of sp³-hybridized carbons (Fsp3) is 0.316. The first-order chi connectivity index (χ1) is 10.8. The van der Waals surface area contributed by atoms with E-state index < -0.39 is 0 Å². The molecule has 0 aromatic heterocycles. The maximum atomic E-state index is 12.3. The van der Waals surface area contributed by atoms with Crippen LogP contribution < -0.4 is 10.6 Å². The van der Waals surface area contributed by atoms with Crippen LogP contribution in [0.25, 0.3) is 0 Å². The van der Waals surface area contributed by atoms with E-state index in [9.17, 15) is 4.79 Å². The molecule has 3 nitrogen and oxygen atoms in total. The molecule has 0 radical (unpaired) electrons. The first-order valence-corrected chi connectivity index (χ1v) is 7.93. The van der Waals surface area contributed by atoms with Crippen LogP contribution in [0.1, 0.15) is 23.6 Å². The minimum absolute atomic E-state index is 0. The molecule has 1 unspecified atom stereocenters. The van der Waals surface area contributed by atoms with Crippen LogP contribution in [-0.2, 0) is 11.2 Å². The molecule has 1 fully saturated rings. The summed E-state index contributed by atoms with van der Waals surface area (Å²) in [6, 6.07) is 20.8. The molecule has 4 heteroatoms. The Bertz CT molecular complexity index is 599. The first-order valence-electron chi connectivity index (χ1n) is 7.93. The minimum atomic E-state index is 0. The molecule has 0 spiro atoms. The van der Waals surface area contributed by atoms with Crippen LogP contribution in [-0.4, -0.2) is 19.0 Å². The predicted molar refractivity (Wildman–Crippen MR) is 95.7 cm³/mol. The minimum Gasteiger partial charge on any atom is -0.349 e. The molecule has 2 N–H and O–H groups in total. The summed E-state index contributed by atoms with van der Waals surface area (Å²) in [5, 5.41) is 6.38. The van der Waals surface area contributed by atoms with Gasteiger partial charge in [-0.25, -0.2) is 0 Å². The molecule has 122 valence electrons. The number of carbonyl (C=O) groups is 1. The van der Waals surface area contributed by atoms with Crippen LogP contribution in [0.4, 0.5) is 0 Å². The summed E-state index contributed by atoms with van der Waals surface area (Å²) in [5.41, 5.74) is 2.49. The third-order valence-corrected chi connectivity index (χ3v) is 4.24. The Hall–Kier alpha value is -1.84. The number of nitrogens with one attached hydrogen (secondary N) is 2. The van der Waals surface area contributed by atoms with Gasteiger partial charge in [0, 0.05) is 13.1 Å². The molecule has 2 aromatic carbocycles. The molecule has 0 saturated carbocycles. The Morgan fingerprint density at radius 2 is 1.65 bits per heavy atom. The molecule has 1 heterocycles. The van der Waals surface area contributed by atoms with Crippen LogP contribution in [0, 0.1) is 5.92 Å². The average Bonchev–Trinajstić information content (AvgIpc) is 2.51. The van der Waals surface area contributed by atoms with E-state index in [1.165, 1.54) is 11.1 Å². The molecule has 3 rings (SSSR count). The highest BCUT2D eigenvalue weighted by Gasteiger charge is 2.26. The zero-order valence-corrected chi connectivity index (χ0v) is 13.9. The number of rotatable bonds is 6. The molecule has 2 aromatic rings. The van der Waals surface area contributed by atoms with Crippen LogP contribution in [0.2, 0.25) is 0 Å². The maximum Gasteiger partial charge on any atom is 0.226 e. The van der Waals surface area contributed by atoms with Crippen molar-refractivity contribution >= 4 is 18.3 Å². The van der Waals surface area contributed by atoms with Gasteiger partial charge in [-0.15, -0.1) is 12.4 Å². The number of carbonyl (C=O) groups excluding carboxylic acids is 1. The van der Waals surface area contributed by atoms with Gasteiger partial charge >= 0.3 is 0 Å². The second kappa shape index (κ2) is 8.70. The summed E-state index contributed by atoms with van der Waals surface area (Å²) < 4.78 is 0. The Morgan fingerprint density at radius 1 is 1.04 bits per heavy atom. The van der Waals surface area contributed by atoms with E-state index in [0.29, 0.717) is 0 Å². The molecule has 0 aliphatic carbocycles. The molecule has 1 atom stereocenters. The molecule has 1 amide bonds. The fourth-order valence-electron chi connectivity index (χ4n) is 2.73. The van der Waals surface area contributed by atoms with Gasteiger partial charge in [-0.1, -0.05) is 60.7 Å². The highest BCUT2D eigenvalue weighted by molar-refractivity contribution is 5.85. The van der Waals surface area contributed by atoms with Crippen molar-refractivity contribution in [2.75, 3.05) is 13.1 Å². The van der Waals surface area contributed by atoms with Gasteiger partial charge in [0.25, 0.3) is 0 Å². The van der Waals surface area contributed by atoms with Crippen LogP contribution in [0.15, 0.2) is 60.7 Å². The first kappa shape index (κ1) is 17.5. The molecule has 0 bridgehead atoms. The highest BCUT2D eigenvalue weighted by atomic mass is 35.5. The Labute approximate surface area is 143 Å². The number of aryl methyl sites for hydroxylation is 1. The summed E-state index contributed by atoms with van der Waals surface area (Å²) in [7, 11) is 0. The Morgan fingerprint density at radius 3 is 2.22 bits per heavy atom. The molecular weight excluding hydrogens is 308 g/mol. The second-order valence-electron chi connectivity index (χ2n) is 5.85. The largest absolute Gasteiger partial charge is 0.349 e. The summed E-state index contributed by atoms with van der Waals surface area (Å²) in [4.78, 5) is 12.3. The average molecular weight is 331 g/mol. The van der Waals surface area contributed by atoms with E-state index in [1.54, 1.807) is 0 Å². The number of hydrogen-bond donors (Lipinski definition) is 2. The molecule has 1 aliphatic rings. The van der Waals surface area contributed by atoms with Crippen LogP contribution in [0.5, 0.6) is 0 Å². The third-order valence-electron chi connectivity index (χ3n) is 4.24. The number of benzene rings is 2. The van der Waals surface area contributed by atoms with Gasteiger partial charge in [0.15, 0.2) is 0 Å².